The Hall–Kier alpha value is -1.10. The fourth-order valence-electron chi connectivity index (χ4n) is 2.85. The lowest BCUT2D eigenvalue weighted by Crippen LogP contribution is -2.50. The highest BCUT2D eigenvalue weighted by Crippen LogP contribution is 2.29. The number of carbonyl (C=O) groups excluding carboxylic acids is 1. The molecule has 0 spiro atoms. The number of hydrogen-bond acceptors (Lipinski definition) is 3. The number of hydrogen-bond donors (Lipinski definition) is 1. The number of likely N-dealkylation sites (tertiary alicyclic amines) is 1. The molecule has 0 aromatic rings. The second kappa shape index (κ2) is 6.57. The van der Waals surface area contributed by atoms with E-state index in [0.29, 0.717) is 0 Å². The molecule has 1 unspecified atom stereocenters. The molecular formula is C15H28N2O3. The molecule has 1 aliphatic rings. The maximum absolute atomic E-state index is 12.5. The van der Waals surface area contributed by atoms with E-state index in [1.165, 1.54) is 0 Å². The minimum atomic E-state index is -1.03. The smallest absolute Gasteiger partial charge is 0.316 e. The first-order valence-electron chi connectivity index (χ1n) is 7.40. The van der Waals surface area contributed by atoms with Gasteiger partial charge in [-0.1, -0.05) is 27.7 Å². The van der Waals surface area contributed by atoms with Crippen molar-refractivity contribution in [2.45, 2.75) is 46.6 Å². The molecule has 0 aromatic heterocycles. The number of aliphatic carboxylic acids is 1. The number of nitrogens with zero attached hydrogens (tertiary/aromatic N) is 2. The van der Waals surface area contributed by atoms with Gasteiger partial charge in [-0.25, -0.2) is 0 Å². The average molecular weight is 284 g/mol. The first kappa shape index (κ1) is 17.0. The summed E-state index contributed by atoms with van der Waals surface area (Å²) in [6.45, 7) is 10.5. The molecule has 1 aliphatic heterocycles. The molecule has 0 saturated carbocycles. The van der Waals surface area contributed by atoms with Crippen LogP contribution in [0.4, 0.5) is 0 Å². The summed E-state index contributed by atoms with van der Waals surface area (Å²) in [7, 11) is 1.75. The van der Waals surface area contributed by atoms with Crippen molar-refractivity contribution in [3.63, 3.8) is 0 Å². The summed E-state index contributed by atoms with van der Waals surface area (Å²) in [5.74, 6) is -2.27. The van der Waals surface area contributed by atoms with Gasteiger partial charge in [-0.15, -0.1) is 0 Å². The van der Waals surface area contributed by atoms with Crippen molar-refractivity contribution in [2.24, 2.45) is 11.3 Å². The van der Waals surface area contributed by atoms with Gasteiger partial charge >= 0.3 is 5.97 Å². The zero-order valence-electron chi connectivity index (χ0n) is 13.3. The molecule has 1 rings (SSSR count). The number of carboxylic acid groups (broad SMARTS) is 1. The number of amides is 1. The van der Waals surface area contributed by atoms with Crippen molar-refractivity contribution < 1.29 is 14.7 Å². The standard InChI is InChI=1S/C15H28N2O3/c1-6-17-9-7-11(8-10-17)16(5)13(18)12(14(19)20)15(2,3)4/h11-12H,6-10H2,1-5H3,(H,19,20). The van der Waals surface area contributed by atoms with E-state index >= 15 is 0 Å². The molecule has 1 atom stereocenters. The van der Waals surface area contributed by atoms with Crippen LogP contribution in [0.2, 0.25) is 0 Å². The van der Waals surface area contributed by atoms with E-state index in [4.69, 9.17) is 0 Å². The van der Waals surface area contributed by atoms with Crippen molar-refractivity contribution in [2.75, 3.05) is 26.7 Å². The van der Waals surface area contributed by atoms with Gasteiger partial charge in [-0.05, 0) is 24.8 Å². The van der Waals surface area contributed by atoms with Crippen LogP contribution in [0.3, 0.4) is 0 Å². The molecule has 1 fully saturated rings. The van der Waals surface area contributed by atoms with Crippen LogP contribution < -0.4 is 0 Å². The van der Waals surface area contributed by atoms with Crippen molar-refractivity contribution in [1.82, 2.24) is 9.80 Å². The van der Waals surface area contributed by atoms with Gasteiger partial charge in [0.1, 0.15) is 5.92 Å². The molecule has 20 heavy (non-hydrogen) atoms. The molecule has 1 heterocycles. The summed E-state index contributed by atoms with van der Waals surface area (Å²) in [5.41, 5.74) is -0.568. The topological polar surface area (TPSA) is 60.9 Å². The third-order valence-corrected chi connectivity index (χ3v) is 4.26. The van der Waals surface area contributed by atoms with Crippen LogP contribution in [0.15, 0.2) is 0 Å². The number of piperidine rings is 1. The minimum Gasteiger partial charge on any atom is -0.481 e. The van der Waals surface area contributed by atoms with E-state index in [1.807, 2.05) is 0 Å². The molecule has 1 saturated heterocycles. The van der Waals surface area contributed by atoms with Crippen LogP contribution >= 0.6 is 0 Å². The van der Waals surface area contributed by atoms with Crippen molar-refractivity contribution in [1.29, 1.82) is 0 Å². The molecule has 5 nitrogen and oxygen atoms in total. The Kier molecular flexibility index (Phi) is 5.57. The summed E-state index contributed by atoms with van der Waals surface area (Å²) in [5, 5.41) is 9.35. The second-order valence-corrected chi connectivity index (χ2v) is 6.75. The van der Waals surface area contributed by atoms with Gasteiger partial charge in [-0.3, -0.25) is 9.59 Å². The highest BCUT2D eigenvalue weighted by atomic mass is 16.4. The molecule has 0 radical (unpaired) electrons. The van der Waals surface area contributed by atoms with E-state index in [9.17, 15) is 14.7 Å². The first-order chi connectivity index (χ1) is 9.18. The number of carboxylic acids is 1. The Balaban J connectivity index is 2.73. The predicted molar refractivity (Wildman–Crippen MR) is 78.5 cm³/mol. The van der Waals surface area contributed by atoms with Crippen LogP contribution in [0.5, 0.6) is 0 Å². The van der Waals surface area contributed by atoms with E-state index in [2.05, 4.69) is 11.8 Å². The largest absolute Gasteiger partial charge is 0.481 e. The van der Waals surface area contributed by atoms with Gasteiger partial charge in [0, 0.05) is 26.2 Å². The third kappa shape index (κ3) is 3.95. The van der Waals surface area contributed by atoms with Crippen LogP contribution in [0.25, 0.3) is 0 Å². The van der Waals surface area contributed by atoms with Crippen LogP contribution in [-0.2, 0) is 9.59 Å². The quantitative estimate of drug-likeness (QED) is 0.798. The lowest BCUT2D eigenvalue weighted by atomic mass is 9.79. The normalized spacial score (nSPS) is 19.6. The summed E-state index contributed by atoms with van der Waals surface area (Å²) in [6.07, 6.45) is 1.85. The number of rotatable bonds is 4. The molecule has 116 valence electrons. The summed E-state index contributed by atoms with van der Waals surface area (Å²) in [4.78, 5) is 27.9. The first-order valence-corrected chi connectivity index (χ1v) is 7.40. The summed E-state index contributed by atoms with van der Waals surface area (Å²) < 4.78 is 0. The van der Waals surface area contributed by atoms with Crippen LogP contribution in [0.1, 0.15) is 40.5 Å². The maximum atomic E-state index is 12.5. The van der Waals surface area contributed by atoms with Gasteiger partial charge < -0.3 is 14.9 Å². The SMILES string of the molecule is CCN1CCC(N(C)C(=O)C(C(=O)O)C(C)(C)C)CC1. The van der Waals surface area contributed by atoms with Crippen molar-refractivity contribution >= 4 is 11.9 Å². The Labute approximate surface area is 121 Å². The molecule has 1 N–H and O–H groups in total. The zero-order chi connectivity index (χ0) is 15.5. The summed E-state index contributed by atoms with van der Waals surface area (Å²) in [6, 6.07) is 0.162. The van der Waals surface area contributed by atoms with Gasteiger partial charge in [-0.2, -0.15) is 0 Å². The molecule has 1 amide bonds. The zero-order valence-corrected chi connectivity index (χ0v) is 13.3. The Bertz CT molecular complexity index is 355. The van der Waals surface area contributed by atoms with E-state index in [1.54, 1.807) is 32.7 Å². The predicted octanol–water partition coefficient (Wildman–Crippen LogP) is 1.68. The Morgan fingerprint density at radius 2 is 1.80 bits per heavy atom. The van der Waals surface area contributed by atoms with Gasteiger partial charge in [0.05, 0.1) is 0 Å². The number of carbonyl (C=O) groups is 2. The average Bonchev–Trinajstić information content (AvgIpc) is 2.35. The Morgan fingerprint density at radius 1 is 1.30 bits per heavy atom. The van der Waals surface area contributed by atoms with Gasteiger partial charge in [0.2, 0.25) is 5.91 Å². The highest BCUT2D eigenvalue weighted by Gasteiger charge is 2.41. The maximum Gasteiger partial charge on any atom is 0.316 e. The van der Waals surface area contributed by atoms with Gasteiger partial charge in [0.15, 0.2) is 0 Å². The molecule has 5 heteroatoms. The molecule has 0 aliphatic carbocycles. The fraction of sp³-hybridized carbons (Fsp3) is 0.867. The van der Waals surface area contributed by atoms with Crippen LogP contribution in [-0.4, -0.2) is 59.5 Å². The lowest BCUT2D eigenvalue weighted by Gasteiger charge is -2.38. The minimum absolute atomic E-state index is 0.162. The Morgan fingerprint density at radius 3 is 2.15 bits per heavy atom. The molecular weight excluding hydrogens is 256 g/mol. The van der Waals surface area contributed by atoms with Crippen molar-refractivity contribution in [3.8, 4) is 0 Å². The van der Waals surface area contributed by atoms with Gasteiger partial charge in [0.25, 0.3) is 0 Å². The van der Waals surface area contributed by atoms with Crippen LogP contribution in [0, 0.1) is 11.3 Å². The fourth-order valence-corrected chi connectivity index (χ4v) is 2.85. The van der Waals surface area contributed by atoms with Crippen molar-refractivity contribution in [3.05, 3.63) is 0 Å². The molecule has 0 aromatic carbocycles. The highest BCUT2D eigenvalue weighted by molar-refractivity contribution is 5.97. The third-order valence-electron chi connectivity index (χ3n) is 4.26. The lowest BCUT2D eigenvalue weighted by molar-refractivity contribution is -0.157. The monoisotopic (exact) mass is 284 g/mol. The molecule has 0 bridgehead atoms. The second-order valence-electron chi connectivity index (χ2n) is 6.75. The van der Waals surface area contributed by atoms with E-state index < -0.39 is 17.3 Å². The van der Waals surface area contributed by atoms with E-state index in [0.717, 1.165) is 32.5 Å². The summed E-state index contributed by atoms with van der Waals surface area (Å²) >= 11 is 0. The van der Waals surface area contributed by atoms with E-state index in [-0.39, 0.29) is 11.9 Å².